The molecule has 0 aromatic heterocycles. The number of aliphatic imine (C=N–C) groups is 1. The van der Waals surface area contributed by atoms with Crippen molar-refractivity contribution in [2.24, 2.45) is 4.99 Å². The topological polar surface area (TPSA) is 68.2 Å². The SMILES string of the molecule is CN=C(NCCN1CCS(=O)(=O)CC1)N1CCN(Cc2ccccc2)CC1. The number of benzene rings is 1. The van der Waals surface area contributed by atoms with Gasteiger partial charge in [0.25, 0.3) is 0 Å². The maximum atomic E-state index is 11.5. The van der Waals surface area contributed by atoms with Gasteiger partial charge in [-0.2, -0.15) is 0 Å². The molecular formula is C19H31N5O2S. The fraction of sp³-hybridized carbons (Fsp3) is 0.632. The second-order valence-electron chi connectivity index (χ2n) is 7.22. The van der Waals surface area contributed by atoms with Crippen molar-refractivity contribution < 1.29 is 8.42 Å². The van der Waals surface area contributed by atoms with Crippen LogP contribution >= 0.6 is 0 Å². The van der Waals surface area contributed by atoms with E-state index >= 15 is 0 Å². The maximum Gasteiger partial charge on any atom is 0.193 e. The van der Waals surface area contributed by atoms with Gasteiger partial charge in [0.15, 0.2) is 15.8 Å². The summed E-state index contributed by atoms with van der Waals surface area (Å²) in [5.41, 5.74) is 1.36. The normalized spacial score (nSPS) is 22.0. The lowest BCUT2D eigenvalue weighted by Crippen LogP contribution is -2.53. The molecule has 27 heavy (non-hydrogen) atoms. The number of nitrogens with one attached hydrogen (secondary N) is 1. The average Bonchev–Trinajstić information content (AvgIpc) is 2.68. The highest BCUT2D eigenvalue weighted by Gasteiger charge is 2.22. The zero-order valence-electron chi connectivity index (χ0n) is 16.2. The molecule has 0 bridgehead atoms. The molecule has 3 rings (SSSR count). The summed E-state index contributed by atoms with van der Waals surface area (Å²) in [5.74, 6) is 1.51. The number of hydrogen-bond acceptors (Lipinski definition) is 5. The van der Waals surface area contributed by atoms with Gasteiger partial charge >= 0.3 is 0 Å². The van der Waals surface area contributed by atoms with Crippen molar-refractivity contribution in [3.05, 3.63) is 35.9 Å². The van der Waals surface area contributed by atoms with Gasteiger partial charge in [-0.05, 0) is 5.56 Å². The third kappa shape index (κ3) is 6.19. The molecule has 1 N–H and O–H groups in total. The van der Waals surface area contributed by atoms with Gasteiger partial charge in [-0.15, -0.1) is 0 Å². The predicted octanol–water partition coefficient (Wildman–Crippen LogP) is 0.110. The van der Waals surface area contributed by atoms with E-state index in [1.165, 1.54) is 5.56 Å². The zero-order chi connectivity index (χ0) is 19.1. The maximum absolute atomic E-state index is 11.5. The van der Waals surface area contributed by atoms with Crippen LogP contribution in [0.4, 0.5) is 0 Å². The summed E-state index contributed by atoms with van der Waals surface area (Å²) in [6.07, 6.45) is 0. The van der Waals surface area contributed by atoms with E-state index in [0.29, 0.717) is 13.1 Å². The minimum atomic E-state index is -2.81. The van der Waals surface area contributed by atoms with E-state index in [-0.39, 0.29) is 11.5 Å². The number of hydrogen-bond donors (Lipinski definition) is 1. The predicted molar refractivity (Wildman–Crippen MR) is 110 cm³/mol. The smallest absolute Gasteiger partial charge is 0.193 e. The van der Waals surface area contributed by atoms with Gasteiger partial charge in [0.05, 0.1) is 11.5 Å². The van der Waals surface area contributed by atoms with Crippen molar-refractivity contribution in [1.82, 2.24) is 20.0 Å². The summed E-state index contributed by atoms with van der Waals surface area (Å²) in [4.78, 5) is 11.4. The van der Waals surface area contributed by atoms with Crippen molar-refractivity contribution in [3.8, 4) is 0 Å². The summed E-state index contributed by atoms with van der Waals surface area (Å²) in [7, 11) is -0.980. The van der Waals surface area contributed by atoms with Crippen LogP contribution in [-0.2, 0) is 16.4 Å². The Hall–Kier alpha value is -1.64. The molecule has 0 saturated carbocycles. The van der Waals surface area contributed by atoms with Crippen molar-refractivity contribution in [3.63, 3.8) is 0 Å². The molecule has 7 nitrogen and oxygen atoms in total. The third-order valence-corrected chi connectivity index (χ3v) is 6.89. The molecule has 2 aliphatic rings. The Morgan fingerprint density at radius 2 is 1.67 bits per heavy atom. The number of nitrogens with zero attached hydrogens (tertiary/aromatic N) is 4. The third-order valence-electron chi connectivity index (χ3n) is 5.28. The Kier molecular flexibility index (Phi) is 7.09. The van der Waals surface area contributed by atoms with Crippen molar-refractivity contribution in [2.75, 3.05) is 70.9 Å². The first-order valence-electron chi connectivity index (χ1n) is 9.70. The van der Waals surface area contributed by atoms with E-state index in [2.05, 4.69) is 55.3 Å². The van der Waals surface area contributed by atoms with E-state index in [1.54, 1.807) is 0 Å². The molecule has 8 heteroatoms. The van der Waals surface area contributed by atoms with Crippen LogP contribution in [0.15, 0.2) is 35.3 Å². The fourth-order valence-corrected chi connectivity index (χ4v) is 4.87. The molecule has 0 aliphatic carbocycles. The molecule has 1 aromatic carbocycles. The van der Waals surface area contributed by atoms with Crippen LogP contribution in [0.3, 0.4) is 0 Å². The first-order chi connectivity index (χ1) is 13.1. The lowest BCUT2D eigenvalue weighted by molar-refractivity contribution is 0.172. The lowest BCUT2D eigenvalue weighted by atomic mass is 10.2. The number of sulfone groups is 1. The molecule has 2 aliphatic heterocycles. The van der Waals surface area contributed by atoms with Crippen LogP contribution in [-0.4, -0.2) is 100.0 Å². The molecule has 150 valence electrons. The van der Waals surface area contributed by atoms with Gasteiger partial charge < -0.3 is 10.2 Å². The molecule has 0 radical (unpaired) electrons. The van der Waals surface area contributed by atoms with E-state index in [4.69, 9.17) is 0 Å². The van der Waals surface area contributed by atoms with Crippen LogP contribution in [0.5, 0.6) is 0 Å². The summed E-state index contributed by atoms with van der Waals surface area (Å²) in [5, 5.41) is 3.44. The van der Waals surface area contributed by atoms with Gasteiger partial charge in [-0.3, -0.25) is 14.8 Å². The minimum absolute atomic E-state index is 0.283. The molecule has 2 fully saturated rings. The summed E-state index contributed by atoms with van der Waals surface area (Å²) >= 11 is 0. The molecule has 0 atom stereocenters. The minimum Gasteiger partial charge on any atom is -0.355 e. The summed E-state index contributed by atoms with van der Waals surface area (Å²) < 4.78 is 23.0. The van der Waals surface area contributed by atoms with Crippen LogP contribution < -0.4 is 5.32 Å². The highest BCUT2D eigenvalue weighted by molar-refractivity contribution is 7.91. The van der Waals surface area contributed by atoms with E-state index < -0.39 is 9.84 Å². The van der Waals surface area contributed by atoms with Crippen LogP contribution in [0, 0.1) is 0 Å². The Bertz CT molecular complexity index is 701. The van der Waals surface area contributed by atoms with Gasteiger partial charge in [0.2, 0.25) is 0 Å². The Morgan fingerprint density at radius 1 is 1.00 bits per heavy atom. The van der Waals surface area contributed by atoms with Gasteiger partial charge in [0.1, 0.15) is 0 Å². The van der Waals surface area contributed by atoms with Crippen molar-refractivity contribution >= 4 is 15.8 Å². The first kappa shape index (κ1) is 20.1. The van der Waals surface area contributed by atoms with E-state index in [9.17, 15) is 8.42 Å². The highest BCUT2D eigenvalue weighted by atomic mass is 32.2. The van der Waals surface area contributed by atoms with Gasteiger partial charge in [-0.25, -0.2) is 8.42 Å². The van der Waals surface area contributed by atoms with Crippen LogP contribution in [0.1, 0.15) is 5.56 Å². The van der Waals surface area contributed by atoms with E-state index in [0.717, 1.165) is 51.8 Å². The molecule has 0 spiro atoms. The highest BCUT2D eigenvalue weighted by Crippen LogP contribution is 2.08. The second-order valence-corrected chi connectivity index (χ2v) is 9.52. The monoisotopic (exact) mass is 393 g/mol. The number of guanidine groups is 1. The van der Waals surface area contributed by atoms with Crippen LogP contribution in [0.2, 0.25) is 0 Å². The van der Waals surface area contributed by atoms with Crippen molar-refractivity contribution in [1.29, 1.82) is 0 Å². The second kappa shape index (κ2) is 9.52. The van der Waals surface area contributed by atoms with Gasteiger partial charge in [0, 0.05) is 66.0 Å². The molecule has 0 amide bonds. The summed E-state index contributed by atoms with van der Waals surface area (Å²) in [6.45, 7) is 7.90. The Balaban J connectivity index is 1.38. The number of rotatable bonds is 5. The quantitative estimate of drug-likeness (QED) is 0.566. The molecule has 0 unspecified atom stereocenters. The van der Waals surface area contributed by atoms with Crippen molar-refractivity contribution in [2.45, 2.75) is 6.54 Å². The Morgan fingerprint density at radius 3 is 2.30 bits per heavy atom. The molecule has 1 aromatic rings. The van der Waals surface area contributed by atoms with Gasteiger partial charge in [-0.1, -0.05) is 30.3 Å². The summed E-state index contributed by atoms with van der Waals surface area (Å²) in [6, 6.07) is 10.6. The average molecular weight is 394 g/mol. The standard InChI is InChI=1S/C19H31N5O2S/c1-20-19(21-7-8-22-13-15-27(25,26)16-14-22)24-11-9-23(10-12-24)17-18-5-3-2-4-6-18/h2-6H,7-17H2,1H3,(H,20,21). The molecule has 2 saturated heterocycles. The molecule has 2 heterocycles. The van der Waals surface area contributed by atoms with E-state index in [1.807, 2.05) is 7.05 Å². The zero-order valence-corrected chi connectivity index (χ0v) is 17.0. The largest absolute Gasteiger partial charge is 0.355 e. The first-order valence-corrected chi connectivity index (χ1v) is 11.5. The molecular weight excluding hydrogens is 362 g/mol. The lowest BCUT2D eigenvalue weighted by Gasteiger charge is -2.36. The van der Waals surface area contributed by atoms with Crippen LogP contribution in [0.25, 0.3) is 0 Å². The Labute approximate surface area is 163 Å². The number of piperazine rings is 1. The fourth-order valence-electron chi connectivity index (χ4n) is 3.59.